The van der Waals surface area contributed by atoms with Gasteiger partial charge in [0.2, 0.25) is 0 Å². The number of aryl methyl sites for hydroxylation is 1. The smallest absolute Gasteiger partial charge is 0.138 e. The maximum absolute atomic E-state index is 6.02. The van der Waals surface area contributed by atoms with Gasteiger partial charge in [0.05, 0.1) is 11.0 Å². The van der Waals surface area contributed by atoms with Crippen LogP contribution in [0.1, 0.15) is 29.9 Å². The Balaban J connectivity index is 1.35. The Morgan fingerprint density at radius 1 is 0.970 bits per heavy atom. The Morgan fingerprint density at radius 2 is 1.61 bits per heavy atom. The van der Waals surface area contributed by atoms with Gasteiger partial charge >= 0.3 is 0 Å². The monoisotopic (exact) mass is 458 g/mol. The molecule has 33 heavy (non-hydrogen) atoms. The largest absolute Gasteiger partial charge is 0.338 e. The molecule has 1 saturated heterocycles. The highest BCUT2D eigenvalue weighted by Crippen LogP contribution is 2.33. The third kappa shape index (κ3) is 4.84. The number of H-pyrrole nitrogens is 1. The molecule has 0 amide bonds. The Morgan fingerprint density at radius 3 is 2.27 bits per heavy atom. The van der Waals surface area contributed by atoms with Crippen LogP contribution in [0.15, 0.2) is 60.7 Å². The van der Waals surface area contributed by atoms with E-state index in [1.807, 2.05) is 19.2 Å². The van der Waals surface area contributed by atoms with Crippen molar-refractivity contribution in [3.05, 3.63) is 76.8 Å². The first-order valence-electron chi connectivity index (χ1n) is 11.8. The lowest BCUT2D eigenvalue weighted by Crippen LogP contribution is -2.37. The molecule has 0 unspecified atom stereocenters. The van der Waals surface area contributed by atoms with Gasteiger partial charge in [-0.15, -0.1) is 0 Å². The van der Waals surface area contributed by atoms with Gasteiger partial charge in [0, 0.05) is 23.7 Å². The van der Waals surface area contributed by atoms with Crippen LogP contribution in [0.4, 0.5) is 0 Å². The summed E-state index contributed by atoms with van der Waals surface area (Å²) in [5.74, 6) is 1.55. The second-order valence-electron chi connectivity index (χ2n) is 9.12. The van der Waals surface area contributed by atoms with Crippen molar-refractivity contribution in [1.29, 1.82) is 0 Å². The van der Waals surface area contributed by atoms with Crippen LogP contribution in [0.3, 0.4) is 0 Å². The van der Waals surface area contributed by atoms with Gasteiger partial charge in [-0.25, -0.2) is 4.98 Å². The Bertz CT molecular complexity index is 1220. The fourth-order valence-electron chi connectivity index (χ4n) is 4.91. The van der Waals surface area contributed by atoms with Gasteiger partial charge in [-0.05, 0) is 86.3 Å². The number of aromatic amines is 1. The first-order valence-corrected chi connectivity index (χ1v) is 12.2. The van der Waals surface area contributed by atoms with E-state index in [2.05, 4.69) is 70.7 Å². The minimum absolute atomic E-state index is 0.629. The average Bonchev–Trinajstić information content (AvgIpc) is 3.29. The van der Waals surface area contributed by atoms with Gasteiger partial charge in [-0.3, -0.25) is 0 Å². The quantitative estimate of drug-likeness (QED) is 0.358. The molecule has 4 nitrogen and oxygen atoms in total. The molecule has 0 aliphatic carbocycles. The van der Waals surface area contributed by atoms with Gasteiger partial charge in [-0.1, -0.05) is 54.1 Å². The van der Waals surface area contributed by atoms with Crippen molar-refractivity contribution in [2.75, 3.05) is 33.2 Å². The zero-order valence-electron chi connectivity index (χ0n) is 19.4. The number of piperidine rings is 1. The lowest BCUT2D eigenvalue weighted by atomic mass is 9.88. The molecular formula is C28H31ClN4. The number of nitrogens with zero attached hydrogens (tertiary/aromatic N) is 2. The van der Waals surface area contributed by atoms with Crippen LogP contribution in [0.5, 0.6) is 0 Å². The summed E-state index contributed by atoms with van der Waals surface area (Å²) in [6, 6.07) is 21.2. The van der Waals surface area contributed by atoms with E-state index in [0.717, 1.165) is 46.1 Å². The molecule has 1 fully saturated rings. The summed E-state index contributed by atoms with van der Waals surface area (Å²) in [5, 5.41) is 4.01. The second-order valence-corrected chi connectivity index (χ2v) is 9.56. The predicted octanol–water partition coefficient (Wildman–Crippen LogP) is 6.26. The van der Waals surface area contributed by atoms with Gasteiger partial charge in [-0.2, -0.15) is 0 Å². The number of hydrogen-bond donors (Lipinski definition) is 2. The maximum atomic E-state index is 6.02. The molecule has 1 aliphatic rings. The fraction of sp³-hybridized carbons (Fsp3) is 0.321. The number of benzene rings is 3. The molecule has 0 bridgehead atoms. The van der Waals surface area contributed by atoms with Crippen LogP contribution in [0.25, 0.3) is 33.5 Å². The van der Waals surface area contributed by atoms with Gasteiger partial charge in [0.1, 0.15) is 5.82 Å². The van der Waals surface area contributed by atoms with E-state index in [4.69, 9.17) is 16.6 Å². The summed E-state index contributed by atoms with van der Waals surface area (Å²) < 4.78 is 0. The molecule has 1 aromatic heterocycles. The highest BCUT2D eigenvalue weighted by atomic mass is 35.5. The number of fused-ring (bicyclic) bond motifs is 1. The lowest BCUT2D eigenvalue weighted by molar-refractivity contribution is 0.214. The number of halogens is 1. The Kier molecular flexibility index (Phi) is 6.50. The zero-order valence-corrected chi connectivity index (χ0v) is 20.1. The van der Waals surface area contributed by atoms with Crippen LogP contribution in [-0.2, 0) is 0 Å². The van der Waals surface area contributed by atoms with Crippen LogP contribution in [-0.4, -0.2) is 48.1 Å². The van der Waals surface area contributed by atoms with E-state index >= 15 is 0 Å². The van der Waals surface area contributed by atoms with E-state index in [1.54, 1.807) is 0 Å². The maximum Gasteiger partial charge on any atom is 0.138 e. The molecule has 170 valence electrons. The molecule has 5 rings (SSSR count). The summed E-state index contributed by atoms with van der Waals surface area (Å²) in [6.45, 7) is 6.74. The van der Waals surface area contributed by atoms with Crippen LogP contribution in [0.2, 0.25) is 5.02 Å². The van der Waals surface area contributed by atoms with Crippen molar-refractivity contribution >= 4 is 22.6 Å². The molecule has 4 aromatic rings. The summed E-state index contributed by atoms with van der Waals surface area (Å²) >= 11 is 6.02. The summed E-state index contributed by atoms with van der Waals surface area (Å²) in [6.07, 6.45) is 2.45. The number of aromatic nitrogens is 2. The number of imidazole rings is 1. The van der Waals surface area contributed by atoms with Crippen LogP contribution < -0.4 is 5.32 Å². The van der Waals surface area contributed by atoms with Crippen molar-refractivity contribution in [3.8, 4) is 22.5 Å². The van der Waals surface area contributed by atoms with Crippen molar-refractivity contribution in [2.45, 2.75) is 25.7 Å². The molecule has 3 aromatic carbocycles. The Hall–Kier alpha value is -2.66. The first kappa shape index (κ1) is 22.1. The van der Waals surface area contributed by atoms with Crippen LogP contribution in [0, 0.1) is 6.92 Å². The third-order valence-corrected chi connectivity index (χ3v) is 7.12. The van der Waals surface area contributed by atoms with Crippen molar-refractivity contribution < 1.29 is 0 Å². The highest BCUT2D eigenvalue weighted by molar-refractivity contribution is 6.30. The molecule has 5 heteroatoms. The zero-order chi connectivity index (χ0) is 22.8. The van der Waals surface area contributed by atoms with Crippen molar-refractivity contribution in [2.24, 2.45) is 0 Å². The molecule has 0 saturated carbocycles. The highest BCUT2D eigenvalue weighted by Gasteiger charge is 2.21. The van der Waals surface area contributed by atoms with Crippen LogP contribution >= 0.6 is 11.6 Å². The summed E-state index contributed by atoms with van der Waals surface area (Å²) in [7, 11) is 2.03. The van der Waals surface area contributed by atoms with Gasteiger partial charge in [0.25, 0.3) is 0 Å². The number of hydrogen-bond acceptors (Lipinski definition) is 3. The van der Waals surface area contributed by atoms with Crippen molar-refractivity contribution in [1.82, 2.24) is 20.2 Å². The van der Waals surface area contributed by atoms with Crippen molar-refractivity contribution in [3.63, 3.8) is 0 Å². The topological polar surface area (TPSA) is 44.0 Å². The lowest BCUT2D eigenvalue weighted by Gasteiger charge is -2.32. The summed E-state index contributed by atoms with van der Waals surface area (Å²) in [5.41, 5.74) is 8.34. The fourth-order valence-corrected chi connectivity index (χ4v) is 5.04. The van der Waals surface area contributed by atoms with E-state index < -0.39 is 0 Å². The molecular weight excluding hydrogens is 428 g/mol. The first-order chi connectivity index (χ1) is 16.1. The minimum Gasteiger partial charge on any atom is -0.338 e. The van der Waals surface area contributed by atoms with E-state index in [0.29, 0.717) is 5.92 Å². The molecule has 1 aliphatic heterocycles. The standard InChI is InChI=1S/C28H31ClN4/c1-19-17-24(22-11-14-33(15-12-22)16-13-30-2)18-26-27(19)32-28(31-26)23-5-3-20(4-6-23)21-7-9-25(29)10-8-21/h3-10,17-18,22,30H,11-16H2,1-2H3,(H,31,32). The average molecular weight is 459 g/mol. The van der Waals surface area contributed by atoms with E-state index in [-0.39, 0.29) is 0 Å². The van der Waals surface area contributed by atoms with E-state index in [1.165, 1.54) is 42.6 Å². The molecule has 2 N–H and O–H groups in total. The van der Waals surface area contributed by atoms with E-state index in [9.17, 15) is 0 Å². The minimum atomic E-state index is 0.629. The number of likely N-dealkylation sites (tertiary alicyclic amines) is 1. The predicted molar refractivity (Wildman–Crippen MR) is 139 cm³/mol. The number of likely N-dealkylation sites (N-methyl/N-ethyl adjacent to an activating group) is 1. The number of nitrogens with one attached hydrogen (secondary N) is 2. The Labute approximate surface area is 201 Å². The van der Waals surface area contributed by atoms with Gasteiger partial charge < -0.3 is 15.2 Å². The molecule has 0 radical (unpaired) electrons. The molecule has 0 atom stereocenters. The summed E-state index contributed by atoms with van der Waals surface area (Å²) in [4.78, 5) is 11.1. The molecule has 0 spiro atoms. The van der Waals surface area contributed by atoms with Gasteiger partial charge in [0.15, 0.2) is 0 Å². The third-order valence-electron chi connectivity index (χ3n) is 6.87. The molecule has 2 heterocycles. The number of rotatable bonds is 6. The second kappa shape index (κ2) is 9.68. The normalized spacial score (nSPS) is 15.4. The SMILES string of the molecule is CNCCN1CCC(c2cc(C)c3nc(-c4ccc(-c5ccc(Cl)cc5)cc4)[nH]c3c2)CC1.